The van der Waals surface area contributed by atoms with Crippen LogP contribution in [0.15, 0.2) is 475 Å². The number of pyridine rings is 3. The zero-order valence-electron chi connectivity index (χ0n) is 78.0. The Bertz CT molecular complexity index is 10500. The van der Waals surface area contributed by atoms with E-state index < -0.39 is 0 Å². The van der Waals surface area contributed by atoms with Crippen molar-refractivity contribution in [1.82, 2.24) is 44.9 Å². The van der Waals surface area contributed by atoms with Crippen LogP contribution in [0.5, 0.6) is 0 Å². The lowest BCUT2D eigenvalue weighted by atomic mass is 9.89. The summed E-state index contributed by atoms with van der Waals surface area (Å²) in [4.78, 5) is 51.1. The maximum absolute atomic E-state index is 6.44. The van der Waals surface area contributed by atoms with E-state index in [2.05, 4.69) is 358 Å². The summed E-state index contributed by atoms with van der Waals surface area (Å²) in [6, 6.07) is 152. The quantitative estimate of drug-likeness (QED) is 0.134. The molecule has 0 atom stereocenters. The van der Waals surface area contributed by atoms with Gasteiger partial charge in [-0.15, -0.1) is 0 Å². The van der Waals surface area contributed by atoms with Gasteiger partial charge >= 0.3 is 0 Å². The van der Waals surface area contributed by atoms with E-state index in [0.29, 0.717) is 34.2 Å². The van der Waals surface area contributed by atoms with E-state index in [-0.39, 0.29) is 0 Å². The average molecular weight is 1870 g/mol. The van der Waals surface area contributed by atoms with Crippen molar-refractivity contribution in [3.05, 3.63) is 462 Å². The van der Waals surface area contributed by atoms with E-state index in [1.54, 1.807) is 18.6 Å². The number of hydrogen-bond acceptors (Lipinski definition) is 15. The second kappa shape index (κ2) is 32.8. The van der Waals surface area contributed by atoms with Crippen molar-refractivity contribution in [2.45, 2.75) is 0 Å². The number of para-hydroxylation sites is 4. The Morgan fingerprint density at radius 3 is 1.00 bits per heavy atom. The number of furan rings is 3. The molecule has 3 aliphatic rings. The Kier molecular flexibility index (Phi) is 18.4. The molecule has 20 aromatic carbocycles. The second-order valence-corrected chi connectivity index (χ2v) is 37.4. The van der Waals surface area contributed by atoms with E-state index in [4.69, 9.17) is 48.1 Å². The molecule has 146 heavy (non-hydrogen) atoms. The zero-order valence-corrected chi connectivity index (χ0v) is 78.0. The van der Waals surface area contributed by atoms with Crippen LogP contribution in [-0.2, 0) is 0 Å². The van der Waals surface area contributed by atoms with Crippen molar-refractivity contribution >= 4 is 204 Å². The minimum atomic E-state index is 0.635. The molecule has 678 valence electrons. The first-order valence-electron chi connectivity index (χ1n) is 48.9. The predicted molar refractivity (Wildman–Crippen MR) is 595 cm³/mol. The molecule has 0 bridgehead atoms. The Balaban J connectivity index is 0.000000102. The van der Waals surface area contributed by atoms with Crippen LogP contribution in [0.1, 0.15) is 0 Å². The topological polar surface area (TPSA) is 165 Å². The van der Waals surface area contributed by atoms with Gasteiger partial charge in [0, 0.05) is 136 Å². The molecule has 0 saturated carbocycles. The van der Waals surface area contributed by atoms with Gasteiger partial charge in [-0.1, -0.05) is 243 Å². The van der Waals surface area contributed by atoms with Crippen LogP contribution < -0.4 is 14.7 Å². The molecule has 12 heterocycles. The maximum Gasteiger partial charge on any atom is 0.180 e. The highest BCUT2D eigenvalue weighted by Gasteiger charge is 2.33. The lowest BCUT2D eigenvalue weighted by molar-refractivity contribution is 0.667. The fraction of sp³-hybridized carbons (Fsp3) is 0. The predicted octanol–water partition coefficient (Wildman–Crippen LogP) is 34.9. The average Bonchev–Trinajstić information content (AvgIpc) is 1.23. The molecule has 0 N–H and O–H groups in total. The minimum absolute atomic E-state index is 0.635. The molecule has 0 radical (unpaired) electrons. The van der Waals surface area contributed by atoms with E-state index in [0.717, 1.165) is 144 Å². The SMILES string of the molecule is c1ccc2cc3c(cc2c1)-c1cccc2cccc(c12)N3c1ccc(-c2nc(-c3cccc4cccnc34)c3oc4ccccc4c3n2)cc1.c1ccc2cc3c(cc2c1)-c1cccc2cccc(c12)N3c1ccc2cc(-c3nc(-c4ccncc4)c4oc5ccccc5c4n3)ccc2c1.c1cncc(-c2nc(-c3ccc(N4c5cc6ccccc6cc5-c5cccc6cccc4c56)cc3)nc3c2oc2ccccc23)c1. The van der Waals surface area contributed by atoms with E-state index in [1.807, 2.05) is 109 Å². The number of aromatic nitrogens is 9. The van der Waals surface area contributed by atoms with Crippen molar-refractivity contribution in [3.63, 3.8) is 0 Å². The third kappa shape index (κ3) is 13.2. The van der Waals surface area contributed by atoms with Gasteiger partial charge in [-0.25, -0.2) is 29.9 Å². The fourth-order valence-corrected chi connectivity index (χ4v) is 22.4. The Morgan fingerprint density at radius 2 is 0.534 bits per heavy atom. The maximum atomic E-state index is 6.44. The van der Waals surface area contributed by atoms with Crippen LogP contribution in [0.25, 0.3) is 254 Å². The van der Waals surface area contributed by atoms with Crippen LogP contribution in [-0.4, -0.2) is 44.9 Å². The molecule has 0 fully saturated rings. The van der Waals surface area contributed by atoms with Gasteiger partial charge < -0.3 is 28.0 Å². The lowest BCUT2D eigenvalue weighted by Gasteiger charge is -2.34. The number of rotatable bonds is 9. The highest BCUT2D eigenvalue weighted by atomic mass is 16.3. The standard InChI is InChI=1S/2C45H26N4O.C41H24N4O/c1-2-10-31-26-38-36(25-30(31)9-1)33-16-5-11-27-12-7-18-37(40(27)33)49(38)32-22-20-29(21-23-32)45-47-42-34-15-3-4-19-39(34)50-44(42)43(48-45)35-17-6-13-28-14-8-24-46-41(28)35;1-2-8-30-26-39-37(25-29(30)7-1)35-12-5-9-27-10-6-13-38(41(27)35)49(39)34-18-17-31-23-33(16-15-32(31)24-34)45-47-42(28-19-21-46-22-20-28)44-43(48-45)36-11-3-4-14-40(36)50-44;1-2-9-28-23-35-33(22-27(28)8-1)31-14-5-10-25-11-6-15-34(37(25)31)45(35)30-19-17-26(18-20-30)41-43-38(29-12-7-21-42-24-29)40-39(44-41)32-13-3-4-16-36(32)46-40/h2*1-26H;1-24H. The van der Waals surface area contributed by atoms with E-state index in [1.165, 1.54) is 126 Å². The molecule has 3 aliphatic heterocycles. The van der Waals surface area contributed by atoms with Crippen LogP contribution in [0.4, 0.5) is 51.2 Å². The van der Waals surface area contributed by atoms with Crippen LogP contribution in [0.3, 0.4) is 0 Å². The highest BCUT2D eigenvalue weighted by molar-refractivity contribution is 6.21. The molecule has 0 aliphatic carbocycles. The third-order valence-electron chi connectivity index (χ3n) is 29.1. The smallest absolute Gasteiger partial charge is 0.180 e. The van der Waals surface area contributed by atoms with E-state index >= 15 is 0 Å². The first-order chi connectivity index (χ1) is 72.3. The van der Waals surface area contributed by atoms with Crippen molar-refractivity contribution < 1.29 is 13.3 Å². The van der Waals surface area contributed by atoms with Gasteiger partial charge in [0.2, 0.25) is 0 Å². The Labute approximate surface area is 833 Å². The third-order valence-corrected chi connectivity index (χ3v) is 29.1. The molecular formula is C131H76N12O3. The number of fused-ring (bicyclic) bond motifs is 20. The molecular weight excluding hydrogens is 1790 g/mol. The van der Waals surface area contributed by atoms with Crippen LogP contribution in [0.2, 0.25) is 0 Å². The molecule has 15 nitrogen and oxygen atoms in total. The molecule has 32 rings (SSSR count). The molecule has 15 heteroatoms. The van der Waals surface area contributed by atoms with Gasteiger partial charge in [0.05, 0.1) is 39.6 Å². The number of nitrogens with zero attached hydrogens (tertiary/aromatic N) is 12. The summed E-state index contributed by atoms with van der Waals surface area (Å²) >= 11 is 0. The number of hydrogen-bond donors (Lipinski definition) is 0. The first kappa shape index (κ1) is 81.9. The summed E-state index contributed by atoms with van der Waals surface area (Å²) in [5, 5.41) is 21.0. The summed E-state index contributed by atoms with van der Waals surface area (Å²) in [6.07, 6.45) is 8.96. The highest BCUT2D eigenvalue weighted by Crippen LogP contribution is 2.57. The molecule has 9 aromatic heterocycles. The summed E-state index contributed by atoms with van der Waals surface area (Å²) in [7, 11) is 0. The molecule has 0 amide bonds. The fourth-order valence-electron chi connectivity index (χ4n) is 22.4. The Hall–Kier alpha value is -20.0. The summed E-state index contributed by atoms with van der Waals surface area (Å²) < 4.78 is 19.0. The van der Waals surface area contributed by atoms with Crippen LogP contribution >= 0.6 is 0 Å². The van der Waals surface area contributed by atoms with Gasteiger partial charge in [-0.05, 0) is 264 Å². The lowest BCUT2D eigenvalue weighted by Crippen LogP contribution is -2.15. The molecule has 0 unspecified atom stereocenters. The van der Waals surface area contributed by atoms with Gasteiger partial charge in [-0.3, -0.25) is 15.0 Å². The normalized spacial score (nSPS) is 12.3. The summed E-state index contributed by atoms with van der Waals surface area (Å²) in [6.45, 7) is 0. The van der Waals surface area contributed by atoms with Crippen molar-refractivity contribution in [3.8, 4) is 101 Å². The van der Waals surface area contributed by atoms with Crippen molar-refractivity contribution in [1.29, 1.82) is 0 Å². The summed E-state index contributed by atoms with van der Waals surface area (Å²) in [5.74, 6) is 1.93. The second-order valence-electron chi connectivity index (χ2n) is 37.4. The summed E-state index contributed by atoms with van der Waals surface area (Å²) in [5.41, 5.74) is 33.2. The molecule has 0 spiro atoms. The first-order valence-corrected chi connectivity index (χ1v) is 48.9. The van der Waals surface area contributed by atoms with Gasteiger partial charge in [0.1, 0.15) is 50.4 Å². The monoisotopic (exact) mass is 1860 g/mol. The molecule has 0 saturated heterocycles. The van der Waals surface area contributed by atoms with Crippen LogP contribution in [0, 0.1) is 0 Å². The van der Waals surface area contributed by atoms with Crippen molar-refractivity contribution in [2.75, 3.05) is 14.7 Å². The van der Waals surface area contributed by atoms with E-state index in [9.17, 15) is 0 Å². The zero-order chi connectivity index (χ0) is 95.7. The molecule has 29 aromatic rings. The van der Waals surface area contributed by atoms with Crippen molar-refractivity contribution in [2.24, 2.45) is 0 Å². The largest absolute Gasteiger partial charge is 0.452 e. The van der Waals surface area contributed by atoms with Gasteiger partial charge in [-0.2, -0.15) is 0 Å². The number of anilines is 9. The number of benzene rings is 20. The Morgan fingerprint density at radius 1 is 0.185 bits per heavy atom. The van der Waals surface area contributed by atoms with Gasteiger partial charge in [0.25, 0.3) is 0 Å². The van der Waals surface area contributed by atoms with Gasteiger partial charge in [0.15, 0.2) is 34.2 Å². The minimum Gasteiger partial charge on any atom is -0.452 e.